The number of hydrogen-bond donors (Lipinski definition) is 1. The first-order valence-corrected chi connectivity index (χ1v) is 6.09. The summed E-state index contributed by atoms with van der Waals surface area (Å²) in [6, 6.07) is 6.22. The molecule has 1 aromatic rings. The minimum absolute atomic E-state index is 0.117. The zero-order valence-corrected chi connectivity index (χ0v) is 10.8. The van der Waals surface area contributed by atoms with Crippen molar-refractivity contribution in [3.05, 3.63) is 34.3 Å². The van der Waals surface area contributed by atoms with Crippen LogP contribution in [0.15, 0.2) is 18.2 Å². The lowest BCUT2D eigenvalue weighted by Crippen LogP contribution is -2.24. The fourth-order valence-electron chi connectivity index (χ4n) is 1.58. The smallest absolute Gasteiger partial charge is 0.0480 e. The van der Waals surface area contributed by atoms with Crippen LogP contribution in [0.3, 0.4) is 0 Å². The maximum atomic E-state index is 6.15. The Balaban J connectivity index is 2.46. The average Bonchev–Trinajstić information content (AvgIpc) is 2.23. The summed E-state index contributed by atoms with van der Waals surface area (Å²) in [6.07, 6.45) is 1.68. The summed E-state index contributed by atoms with van der Waals surface area (Å²) >= 11 is 6.15. The van der Waals surface area contributed by atoms with E-state index in [0.29, 0.717) is 0 Å². The van der Waals surface area contributed by atoms with Crippen molar-refractivity contribution in [2.45, 2.75) is 32.7 Å². The second kappa shape index (κ2) is 6.89. The van der Waals surface area contributed by atoms with Crippen LogP contribution in [0.25, 0.3) is 0 Å². The zero-order chi connectivity index (χ0) is 12.0. The van der Waals surface area contributed by atoms with Crippen molar-refractivity contribution in [3.63, 3.8) is 0 Å². The maximum absolute atomic E-state index is 6.15. The predicted octanol–water partition coefficient (Wildman–Crippen LogP) is 2.94. The fourth-order valence-corrected chi connectivity index (χ4v) is 1.89. The van der Waals surface area contributed by atoms with Gasteiger partial charge in [-0.2, -0.15) is 0 Å². The van der Waals surface area contributed by atoms with Gasteiger partial charge in [0.1, 0.15) is 0 Å². The van der Waals surface area contributed by atoms with E-state index in [1.807, 2.05) is 19.9 Å². The first-order valence-electron chi connectivity index (χ1n) is 5.71. The molecule has 0 radical (unpaired) electrons. The topological polar surface area (TPSA) is 35.2 Å². The summed E-state index contributed by atoms with van der Waals surface area (Å²) in [7, 11) is 0. The van der Waals surface area contributed by atoms with Crippen LogP contribution < -0.4 is 5.73 Å². The van der Waals surface area contributed by atoms with E-state index in [9.17, 15) is 0 Å². The molecule has 1 rings (SSSR count). The lowest BCUT2D eigenvalue weighted by atomic mass is 10.0. The van der Waals surface area contributed by atoms with E-state index in [1.165, 1.54) is 5.56 Å². The second-order valence-electron chi connectivity index (χ2n) is 4.04. The number of rotatable bonds is 6. The van der Waals surface area contributed by atoms with Gasteiger partial charge < -0.3 is 10.5 Å². The molecule has 0 spiro atoms. The van der Waals surface area contributed by atoms with Gasteiger partial charge in [0, 0.05) is 24.3 Å². The predicted molar refractivity (Wildman–Crippen MR) is 69.0 cm³/mol. The molecule has 1 unspecified atom stereocenters. The Hall–Kier alpha value is -0.570. The lowest BCUT2D eigenvalue weighted by Gasteiger charge is -2.13. The Bertz CT molecular complexity index is 328. The van der Waals surface area contributed by atoms with Gasteiger partial charge in [0.25, 0.3) is 0 Å². The van der Waals surface area contributed by atoms with Gasteiger partial charge >= 0.3 is 0 Å². The molecule has 2 nitrogen and oxygen atoms in total. The quantitative estimate of drug-likeness (QED) is 0.778. The summed E-state index contributed by atoms with van der Waals surface area (Å²) < 4.78 is 5.28. The standard InChI is InChI=1S/C13H20ClNO/c1-3-16-7-6-12(15)9-11-5-4-10(2)8-13(11)14/h4-5,8,12H,3,6-7,9,15H2,1-2H3. The van der Waals surface area contributed by atoms with Gasteiger partial charge in [-0.15, -0.1) is 0 Å². The molecule has 90 valence electrons. The summed E-state index contributed by atoms with van der Waals surface area (Å²) in [5.74, 6) is 0. The summed E-state index contributed by atoms with van der Waals surface area (Å²) in [5, 5.41) is 0.812. The molecule has 16 heavy (non-hydrogen) atoms. The van der Waals surface area contributed by atoms with Gasteiger partial charge in [0.05, 0.1) is 0 Å². The highest BCUT2D eigenvalue weighted by atomic mass is 35.5. The number of nitrogens with two attached hydrogens (primary N) is 1. The molecule has 0 bridgehead atoms. The monoisotopic (exact) mass is 241 g/mol. The molecule has 0 saturated heterocycles. The van der Waals surface area contributed by atoms with Gasteiger partial charge in [0.15, 0.2) is 0 Å². The number of hydrogen-bond acceptors (Lipinski definition) is 2. The van der Waals surface area contributed by atoms with Crippen LogP contribution in [0, 0.1) is 6.92 Å². The average molecular weight is 242 g/mol. The molecule has 0 saturated carbocycles. The Labute approximate surface area is 103 Å². The molecule has 1 aromatic carbocycles. The van der Waals surface area contributed by atoms with E-state index >= 15 is 0 Å². The van der Waals surface area contributed by atoms with Crippen molar-refractivity contribution in [2.24, 2.45) is 5.73 Å². The van der Waals surface area contributed by atoms with E-state index < -0.39 is 0 Å². The largest absolute Gasteiger partial charge is 0.382 e. The molecule has 2 N–H and O–H groups in total. The van der Waals surface area contributed by atoms with Gasteiger partial charge in [-0.1, -0.05) is 23.7 Å². The SMILES string of the molecule is CCOCCC(N)Cc1ccc(C)cc1Cl. The lowest BCUT2D eigenvalue weighted by molar-refractivity contribution is 0.140. The Morgan fingerprint density at radius 1 is 1.44 bits per heavy atom. The van der Waals surface area contributed by atoms with Crippen molar-refractivity contribution in [3.8, 4) is 0 Å². The minimum atomic E-state index is 0.117. The normalized spacial score (nSPS) is 12.8. The summed E-state index contributed by atoms with van der Waals surface area (Å²) in [5.41, 5.74) is 8.31. The Morgan fingerprint density at radius 2 is 2.19 bits per heavy atom. The van der Waals surface area contributed by atoms with Crippen LogP contribution in [0.2, 0.25) is 5.02 Å². The molecule has 0 aliphatic carbocycles. The summed E-state index contributed by atoms with van der Waals surface area (Å²) in [4.78, 5) is 0. The first-order chi connectivity index (χ1) is 7.63. The van der Waals surface area contributed by atoms with E-state index in [4.69, 9.17) is 22.1 Å². The van der Waals surface area contributed by atoms with Crippen LogP contribution in [0.4, 0.5) is 0 Å². The molecular formula is C13H20ClNO. The van der Waals surface area contributed by atoms with Gasteiger partial charge in [0.2, 0.25) is 0 Å². The molecule has 3 heteroatoms. The van der Waals surface area contributed by atoms with Crippen molar-refractivity contribution in [1.82, 2.24) is 0 Å². The first kappa shape index (κ1) is 13.5. The number of aryl methyl sites for hydroxylation is 1. The highest BCUT2D eigenvalue weighted by Gasteiger charge is 2.07. The van der Waals surface area contributed by atoms with Crippen molar-refractivity contribution in [1.29, 1.82) is 0 Å². The van der Waals surface area contributed by atoms with Gasteiger partial charge in [-0.05, 0) is 43.9 Å². The molecule has 0 heterocycles. The minimum Gasteiger partial charge on any atom is -0.382 e. The van der Waals surface area contributed by atoms with Crippen LogP contribution in [-0.4, -0.2) is 19.3 Å². The molecule has 0 amide bonds. The van der Waals surface area contributed by atoms with E-state index in [1.54, 1.807) is 0 Å². The molecule has 0 aliphatic heterocycles. The highest BCUT2D eigenvalue weighted by Crippen LogP contribution is 2.19. The Morgan fingerprint density at radius 3 is 2.81 bits per heavy atom. The van der Waals surface area contributed by atoms with E-state index in [-0.39, 0.29) is 6.04 Å². The van der Waals surface area contributed by atoms with Gasteiger partial charge in [-0.25, -0.2) is 0 Å². The van der Waals surface area contributed by atoms with Crippen molar-refractivity contribution < 1.29 is 4.74 Å². The van der Waals surface area contributed by atoms with E-state index in [2.05, 4.69) is 12.1 Å². The third-order valence-electron chi connectivity index (χ3n) is 2.53. The molecule has 0 aliphatic rings. The molecular weight excluding hydrogens is 222 g/mol. The van der Waals surface area contributed by atoms with Crippen LogP contribution in [0.5, 0.6) is 0 Å². The van der Waals surface area contributed by atoms with Crippen molar-refractivity contribution in [2.75, 3.05) is 13.2 Å². The maximum Gasteiger partial charge on any atom is 0.0480 e. The number of ether oxygens (including phenoxy) is 1. The highest BCUT2D eigenvalue weighted by molar-refractivity contribution is 6.31. The zero-order valence-electron chi connectivity index (χ0n) is 10.0. The molecule has 0 aromatic heterocycles. The van der Waals surface area contributed by atoms with Gasteiger partial charge in [-0.3, -0.25) is 0 Å². The number of halogens is 1. The van der Waals surface area contributed by atoms with Crippen LogP contribution in [-0.2, 0) is 11.2 Å². The third kappa shape index (κ3) is 4.52. The van der Waals surface area contributed by atoms with Crippen molar-refractivity contribution >= 4 is 11.6 Å². The number of benzene rings is 1. The molecule has 0 fully saturated rings. The van der Waals surface area contributed by atoms with Crippen LogP contribution in [0.1, 0.15) is 24.5 Å². The fraction of sp³-hybridized carbons (Fsp3) is 0.538. The second-order valence-corrected chi connectivity index (χ2v) is 4.45. The summed E-state index contributed by atoms with van der Waals surface area (Å²) in [6.45, 7) is 5.49. The Kier molecular flexibility index (Phi) is 5.81. The molecule has 1 atom stereocenters. The van der Waals surface area contributed by atoms with E-state index in [0.717, 1.165) is 36.6 Å². The van der Waals surface area contributed by atoms with Crippen LogP contribution >= 0.6 is 11.6 Å². The third-order valence-corrected chi connectivity index (χ3v) is 2.88.